The highest BCUT2D eigenvalue weighted by molar-refractivity contribution is 5.97. The standard InChI is InChI=1S/C26H31N3O3/c1-32-25-16-18-4-5-24(30)22(18)14-19(25)6-10-28-11-8-21(9-12-28)29-13-7-17-2-3-20(26(27)31)15-23(17)29/h2-3,7,13-16,21,24,30H,4-6,8-12H2,1H3,(H2,27,31). The van der Waals surface area contributed by atoms with E-state index in [4.69, 9.17) is 10.5 Å². The number of aliphatic hydroxyl groups is 1. The molecule has 6 heteroatoms. The predicted octanol–water partition coefficient (Wildman–Crippen LogP) is 3.61. The summed E-state index contributed by atoms with van der Waals surface area (Å²) in [5, 5.41) is 11.4. The Morgan fingerprint density at radius 2 is 1.97 bits per heavy atom. The van der Waals surface area contributed by atoms with Gasteiger partial charge in [-0.15, -0.1) is 0 Å². The number of aromatic nitrogens is 1. The first kappa shape index (κ1) is 21.0. The molecule has 1 fully saturated rings. The van der Waals surface area contributed by atoms with Crippen molar-refractivity contribution in [3.63, 3.8) is 0 Å². The lowest BCUT2D eigenvalue weighted by Gasteiger charge is -2.33. The summed E-state index contributed by atoms with van der Waals surface area (Å²) in [6.07, 6.45) is 6.60. The van der Waals surface area contributed by atoms with Crippen LogP contribution >= 0.6 is 0 Å². The molecule has 2 aliphatic rings. The van der Waals surface area contributed by atoms with Crippen molar-refractivity contribution in [2.75, 3.05) is 26.7 Å². The molecule has 5 rings (SSSR count). The Bertz CT molecular complexity index is 1140. The lowest BCUT2D eigenvalue weighted by molar-refractivity contribution is 0.100. The molecule has 1 saturated heterocycles. The normalized spacial score (nSPS) is 19.4. The second-order valence-corrected chi connectivity index (χ2v) is 9.10. The Morgan fingerprint density at radius 1 is 1.16 bits per heavy atom. The number of aryl methyl sites for hydroxylation is 1. The van der Waals surface area contributed by atoms with Gasteiger partial charge in [0.2, 0.25) is 5.91 Å². The number of ether oxygens (including phenoxy) is 1. The van der Waals surface area contributed by atoms with Gasteiger partial charge in [0, 0.05) is 43.0 Å². The van der Waals surface area contributed by atoms with E-state index in [-0.39, 0.29) is 12.0 Å². The molecule has 1 atom stereocenters. The first-order chi connectivity index (χ1) is 15.5. The molecule has 3 N–H and O–H groups in total. The number of benzene rings is 2. The fourth-order valence-electron chi connectivity index (χ4n) is 5.37. The Balaban J connectivity index is 1.24. The van der Waals surface area contributed by atoms with Crippen LogP contribution in [0.3, 0.4) is 0 Å². The maximum Gasteiger partial charge on any atom is 0.248 e. The lowest BCUT2D eigenvalue weighted by atomic mass is 10.0. The minimum atomic E-state index is -0.385. The van der Waals surface area contributed by atoms with Gasteiger partial charge in [-0.05, 0) is 84.5 Å². The Labute approximate surface area is 188 Å². The maximum absolute atomic E-state index is 11.6. The van der Waals surface area contributed by atoms with Crippen LogP contribution in [0.5, 0.6) is 5.75 Å². The van der Waals surface area contributed by atoms with Crippen molar-refractivity contribution in [2.45, 2.75) is 44.2 Å². The highest BCUT2D eigenvalue weighted by Crippen LogP contribution is 2.36. The van der Waals surface area contributed by atoms with E-state index < -0.39 is 0 Å². The average Bonchev–Trinajstić information content (AvgIpc) is 3.40. The fourth-order valence-corrected chi connectivity index (χ4v) is 5.37. The van der Waals surface area contributed by atoms with Gasteiger partial charge < -0.3 is 25.0 Å². The number of hydrogen-bond donors (Lipinski definition) is 2. The van der Waals surface area contributed by atoms with Gasteiger partial charge >= 0.3 is 0 Å². The number of carbonyl (C=O) groups is 1. The predicted molar refractivity (Wildman–Crippen MR) is 125 cm³/mol. The van der Waals surface area contributed by atoms with Gasteiger partial charge in [-0.1, -0.05) is 6.07 Å². The van der Waals surface area contributed by atoms with E-state index in [2.05, 4.69) is 33.9 Å². The molecule has 0 radical (unpaired) electrons. The molecule has 1 aliphatic heterocycles. The molecule has 2 aromatic carbocycles. The molecule has 0 saturated carbocycles. The lowest BCUT2D eigenvalue weighted by Crippen LogP contribution is -2.35. The SMILES string of the molecule is COc1cc2c(cc1CCN1CCC(n3ccc4ccc(C(N)=O)cc43)CC1)C(O)CC2. The maximum atomic E-state index is 11.6. The summed E-state index contributed by atoms with van der Waals surface area (Å²) in [5.74, 6) is 0.556. The molecule has 168 valence electrons. The van der Waals surface area contributed by atoms with Crippen molar-refractivity contribution in [1.82, 2.24) is 9.47 Å². The van der Waals surface area contributed by atoms with Gasteiger partial charge in [-0.2, -0.15) is 0 Å². The molecular formula is C26H31N3O3. The summed E-state index contributed by atoms with van der Waals surface area (Å²) in [4.78, 5) is 14.1. The summed E-state index contributed by atoms with van der Waals surface area (Å²) in [5.41, 5.74) is 10.6. The molecule has 6 nitrogen and oxygen atoms in total. The Kier molecular flexibility index (Phi) is 5.66. The van der Waals surface area contributed by atoms with Crippen LogP contribution in [0.25, 0.3) is 10.9 Å². The number of nitrogens with zero attached hydrogens (tertiary/aromatic N) is 2. The highest BCUT2D eigenvalue weighted by Gasteiger charge is 2.24. The number of methoxy groups -OCH3 is 1. The molecule has 1 unspecified atom stereocenters. The number of rotatable bonds is 6. The second kappa shape index (κ2) is 8.60. The molecule has 1 aromatic heterocycles. The number of amides is 1. The Hall–Kier alpha value is -2.83. The summed E-state index contributed by atoms with van der Waals surface area (Å²) >= 11 is 0. The third-order valence-corrected chi connectivity index (χ3v) is 7.24. The van der Waals surface area contributed by atoms with Crippen LogP contribution in [0, 0.1) is 0 Å². The number of fused-ring (bicyclic) bond motifs is 2. The Morgan fingerprint density at radius 3 is 2.72 bits per heavy atom. The number of likely N-dealkylation sites (tertiary alicyclic amines) is 1. The summed E-state index contributed by atoms with van der Waals surface area (Å²) in [6, 6.07) is 12.5. The molecule has 1 amide bonds. The summed E-state index contributed by atoms with van der Waals surface area (Å²) in [7, 11) is 1.73. The number of primary amides is 1. The van der Waals surface area contributed by atoms with Gasteiger partial charge in [-0.3, -0.25) is 4.79 Å². The van der Waals surface area contributed by atoms with Crippen molar-refractivity contribution >= 4 is 16.8 Å². The molecule has 0 bridgehead atoms. The summed E-state index contributed by atoms with van der Waals surface area (Å²) in [6.45, 7) is 3.06. The van der Waals surface area contributed by atoms with E-state index in [1.54, 1.807) is 13.2 Å². The van der Waals surface area contributed by atoms with E-state index in [1.165, 1.54) is 11.1 Å². The van der Waals surface area contributed by atoms with Crippen LogP contribution in [-0.2, 0) is 12.8 Å². The van der Waals surface area contributed by atoms with E-state index in [0.29, 0.717) is 11.6 Å². The third-order valence-electron chi connectivity index (χ3n) is 7.24. The first-order valence-corrected chi connectivity index (χ1v) is 11.5. The third kappa shape index (κ3) is 3.89. The number of piperidine rings is 1. The van der Waals surface area contributed by atoms with E-state index in [0.717, 1.165) is 74.0 Å². The molecule has 3 aromatic rings. The van der Waals surface area contributed by atoms with Gasteiger partial charge in [-0.25, -0.2) is 0 Å². The quantitative estimate of drug-likeness (QED) is 0.622. The van der Waals surface area contributed by atoms with Gasteiger partial charge in [0.15, 0.2) is 0 Å². The summed E-state index contributed by atoms with van der Waals surface area (Å²) < 4.78 is 7.95. The smallest absolute Gasteiger partial charge is 0.248 e. The van der Waals surface area contributed by atoms with Crippen LogP contribution in [0.1, 0.15) is 58.5 Å². The van der Waals surface area contributed by atoms with E-state index in [1.807, 2.05) is 12.1 Å². The minimum Gasteiger partial charge on any atom is -0.496 e. The van der Waals surface area contributed by atoms with Crippen molar-refractivity contribution < 1.29 is 14.6 Å². The molecule has 1 aliphatic carbocycles. The molecule has 0 spiro atoms. The van der Waals surface area contributed by atoms with Crippen LogP contribution in [0.4, 0.5) is 0 Å². The van der Waals surface area contributed by atoms with Crippen LogP contribution in [0.15, 0.2) is 42.6 Å². The van der Waals surface area contributed by atoms with Gasteiger partial charge in [0.05, 0.1) is 13.2 Å². The van der Waals surface area contributed by atoms with Crippen molar-refractivity contribution in [2.24, 2.45) is 5.73 Å². The number of carbonyl (C=O) groups excluding carboxylic acids is 1. The van der Waals surface area contributed by atoms with Crippen LogP contribution < -0.4 is 10.5 Å². The number of aliphatic hydroxyl groups excluding tert-OH is 1. The van der Waals surface area contributed by atoms with Crippen molar-refractivity contribution in [1.29, 1.82) is 0 Å². The monoisotopic (exact) mass is 433 g/mol. The number of nitrogens with two attached hydrogens (primary N) is 1. The zero-order valence-corrected chi connectivity index (χ0v) is 18.6. The number of hydrogen-bond acceptors (Lipinski definition) is 4. The topological polar surface area (TPSA) is 80.7 Å². The molecule has 32 heavy (non-hydrogen) atoms. The molecule has 2 heterocycles. The van der Waals surface area contributed by atoms with E-state index in [9.17, 15) is 9.90 Å². The van der Waals surface area contributed by atoms with E-state index >= 15 is 0 Å². The second-order valence-electron chi connectivity index (χ2n) is 9.10. The zero-order valence-electron chi connectivity index (χ0n) is 18.6. The van der Waals surface area contributed by atoms with Gasteiger partial charge in [0.25, 0.3) is 0 Å². The largest absolute Gasteiger partial charge is 0.496 e. The zero-order chi connectivity index (χ0) is 22.2. The first-order valence-electron chi connectivity index (χ1n) is 11.5. The van der Waals surface area contributed by atoms with Gasteiger partial charge in [0.1, 0.15) is 5.75 Å². The minimum absolute atomic E-state index is 0.336. The molecular weight excluding hydrogens is 402 g/mol. The highest BCUT2D eigenvalue weighted by atomic mass is 16.5. The van der Waals surface area contributed by atoms with Crippen LogP contribution in [0.2, 0.25) is 0 Å². The van der Waals surface area contributed by atoms with Crippen LogP contribution in [-0.4, -0.2) is 47.2 Å². The van der Waals surface area contributed by atoms with Crippen molar-refractivity contribution in [3.8, 4) is 5.75 Å². The fraction of sp³-hybridized carbons (Fsp3) is 0.423. The average molecular weight is 434 g/mol. The van der Waals surface area contributed by atoms with Crippen molar-refractivity contribution in [3.05, 3.63) is 64.8 Å².